The lowest BCUT2D eigenvalue weighted by atomic mass is 10.0. The van der Waals surface area contributed by atoms with Crippen LogP contribution in [0.25, 0.3) is 0 Å². The van der Waals surface area contributed by atoms with Gasteiger partial charge in [-0.15, -0.1) is 0 Å². The molecule has 31 heavy (non-hydrogen) atoms. The van der Waals surface area contributed by atoms with E-state index in [-0.39, 0.29) is 5.91 Å². The Bertz CT molecular complexity index is 1220. The molecule has 0 fully saturated rings. The SMILES string of the molecule is Cc1nn(Cc2ccccc2)c(Cl)c1C1Nc2ccccc2C(=O)N1Cc1ccco1. The quantitative estimate of drug-likeness (QED) is 0.467. The number of halogens is 1. The summed E-state index contributed by atoms with van der Waals surface area (Å²) in [6, 6.07) is 21.2. The second kappa shape index (κ2) is 7.96. The zero-order chi connectivity index (χ0) is 21.4. The van der Waals surface area contributed by atoms with Crippen molar-refractivity contribution in [3.63, 3.8) is 0 Å². The maximum Gasteiger partial charge on any atom is 0.258 e. The van der Waals surface area contributed by atoms with Crippen LogP contribution < -0.4 is 5.32 Å². The smallest absolute Gasteiger partial charge is 0.258 e. The van der Waals surface area contributed by atoms with Crippen LogP contribution in [0.5, 0.6) is 0 Å². The summed E-state index contributed by atoms with van der Waals surface area (Å²) in [7, 11) is 0. The predicted octanol–water partition coefficient (Wildman–Crippen LogP) is 5.25. The lowest BCUT2D eigenvalue weighted by Gasteiger charge is -2.37. The molecule has 1 unspecified atom stereocenters. The molecule has 0 aliphatic carbocycles. The fraction of sp³-hybridized carbons (Fsp3) is 0.167. The van der Waals surface area contributed by atoms with E-state index >= 15 is 0 Å². The van der Waals surface area contributed by atoms with Crippen molar-refractivity contribution in [1.82, 2.24) is 14.7 Å². The van der Waals surface area contributed by atoms with E-state index in [1.807, 2.05) is 73.7 Å². The molecule has 0 saturated carbocycles. The molecule has 1 atom stereocenters. The normalized spacial score (nSPS) is 15.6. The summed E-state index contributed by atoms with van der Waals surface area (Å²) < 4.78 is 7.30. The Morgan fingerprint density at radius 1 is 1.03 bits per heavy atom. The Morgan fingerprint density at radius 2 is 1.81 bits per heavy atom. The molecule has 1 N–H and O–H groups in total. The number of aromatic nitrogens is 2. The van der Waals surface area contributed by atoms with Crippen molar-refractivity contribution in [2.24, 2.45) is 0 Å². The molecule has 0 bridgehead atoms. The van der Waals surface area contributed by atoms with Gasteiger partial charge in [0.05, 0.1) is 36.2 Å². The summed E-state index contributed by atoms with van der Waals surface area (Å²) in [4.78, 5) is 15.2. The molecule has 156 valence electrons. The molecular weight excluding hydrogens is 412 g/mol. The zero-order valence-electron chi connectivity index (χ0n) is 17.0. The summed E-state index contributed by atoms with van der Waals surface area (Å²) in [5.74, 6) is 0.618. The molecule has 0 saturated heterocycles. The van der Waals surface area contributed by atoms with Gasteiger partial charge in [0.1, 0.15) is 17.1 Å². The molecule has 0 spiro atoms. The molecule has 1 aliphatic heterocycles. The molecule has 1 aliphatic rings. The van der Waals surface area contributed by atoms with Gasteiger partial charge in [0.2, 0.25) is 0 Å². The fourth-order valence-corrected chi connectivity index (χ4v) is 4.33. The van der Waals surface area contributed by atoms with E-state index in [0.717, 1.165) is 22.5 Å². The number of aryl methyl sites for hydroxylation is 1. The molecule has 5 rings (SSSR count). The van der Waals surface area contributed by atoms with E-state index < -0.39 is 6.17 Å². The van der Waals surface area contributed by atoms with E-state index in [2.05, 4.69) is 10.4 Å². The van der Waals surface area contributed by atoms with Crippen LogP contribution in [-0.2, 0) is 13.1 Å². The van der Waals surface area contributed by atoms with Crippen molar-refractivity contribution >= 4 is 23.2 Å². The van der Waals surface area contributed by atoms with Crippen molar-refractivity contribution in [1.29, 1.82) is 0 Å². The van der Waals surface area contributed by atoms with Crippen LogP contribution in [0.15, 0.2) is 77.4 Å². The van der Waals surface area contributed by atoms with Gasteiger partial charge in [0.25, 0.3) is 5.91 Å². The van der Waals surface area contributed by atoms with Crippen molar-refractivity contribution in [2.45, 2.75) is 26.2 Å². The third kappa shape index (κ3) is 3.59. The van der Waals surface area contributed by atoms with Gasteiger partial charge in [-0.3, -0.25) is 4.79 Å². The summed E-state index contributed by atoms with van der Waals surface area (Å²) >= 11 is 6.83. The van der Waals surface area contributed by atoms with Crippen molar-refractivity contribution in [3.8, 4) is 0 Å². The van der Waals surface area contributed by atoms with Crippen LogP contribution >= 0.6 is 11.6 Å². The first-order valence-electron chi connectivity index (χ1n) is 10.1. The van der Waals surface area contributed by atoms with Gasteiger partial charge >= 0.3 is 0 Å². The molecule has 1 amide bonds. The Morgan fingerprint density at radius 3 is 2.58 bits per heavy atom. The van der Waals surface area contributed by atoms with Crippen molar-refractivity contribution < 1.29 is 9.21 Å². The number of benzene rings is 2. The number of amides is 1. The molecule has 6 nitrogen and oxygen atoms in total. The molecule has 2 aromatic heterocycles. The molecule has 0 radical (unpaired) electrons. The standard InChI is InChI=1S/C24H21ClN4O2/c1-16-21(22(25)29(27-16)14-17-8-3-2-4-9-17)23-26-20-12-6-5-11-19(20)24(30)28(23)15-18-10-7-13-31-18/h2-13,23,26H,14-15H2,1H3. The van der Waals surface area contributed by atoms with Gasteiger partial charge in [0.15, 0.2) is 0 Å². The van der Waals surface area contributed by atoms with Crippen LogP contribution in [0.4, 0.5) is 5.69 Å². The summed E-state index contributed by atoms with van der Waals surface area (Å²) in [6.07, 6.45) is 1.14. The lowest BCUT2D eigenvalue weighted by molar-refractivity contribution is 0.0651. The number of hydrogen-bond acceptors (Lipinski definition) is 4. The lowest BCUT2D eigenvalue weighted by Crippen LogP contribution is -2.42. The number of carbonyl (C=O) groups is 1. The van der Waals surface area contributed by atoms with E-state index in [0.29, 0.717) is 29.6 Å². The van der Waals surface area contributed by atoms with E-state index in [1.54, 1.807) is 15.8 Å². The summed E-state index contributed by atoms with van der Waals surface area (Å²) in [5, 5.41) is 8.68. The average molecular weight is 433 g/mol. The Kier molecular flexibility index (Phi) is 5.00. The Balaban J connectivity index is 1.56. The molecule has 4 aromatic rings. The van der Waals surface area contributed by atoms with E-state index in [4.69, 9.17) is 16.0 Å². The molecule has 3 heterocycles. The molecular formula is C24H21ClN4O2. The first-order valence-corrected chi connectivity index (χ1v) is 10.5. The first kappa shape index (κ1) is 19.5. The van der Waals surface area contributed by atoms with Gasteiger partial charge < -0.3 is 14.6 Å². The number of furan rings is 1. The van der Waals surface area contributed by atoms with Crippen molar-refractivity contribution in [3.05, 3.63) is 106 Å². The summed E-state index contributed by atoms with van der Waals surface area (Å²) in [5.41, 5.74) is 4.06. The van der Waals surface area contributed by atoms with Crippen LogP contribution in [-0.4, -0.2) is 20.6 Å². The topological polar surface area (TPSA) is 63.3 Å². The average Bonchev–Trinajstić information content (AvgIpc) is 3.39. The maximum atomic E-state index is 13.4. The second-order valence-electron chi connectivity index (χ2n) is 7.54. The largest absolute Gasteiger partial charge is 0.467 e. The highest BCUT2D eigenvalue weighted by Crippen LogP contribution is 2.38. The molecule has 2 aromatic carbocycles. The van der Waals surface area contributed by atoms with Gasteiger partial charge in [-0.25, -0.2) is 4.68 Å². The highest BCUT2D eigenvalue weighted by atomic mass is 35.5. The Labute approximate surface area is 185 Å². The predicted molar refractivity (Wildman–Crippen MR) is 119 cm³/mol. The third-order valence-electron chi connectivity index (χ3n) is 5.49. The first-order chi connectivity index (χ1) is 15.1. The number of carbonyl (C=O) groups excluding carboxylic acids is 1. The number of hydrogen-bond donors (Lipinski definition) is 1. The number of nitrogens with one attached hydrogen (secondary N) is 1. The highest BCUT2D eigenvalue weighted by Gasteiger charge is 2.36. The van der Waals surface area contributed by atoms with E-state index in [9.17, 15) is 4.79 Å². The summed E-state index contributed by atoms with van der Waals surface area (Å²) in [6.45, 7) is 2.79. The van der Waals surface area contributed by atoms with Gasteiger partial charge in [-0.2, -0.15) is 5.10 Å². The minimum absolute atomic E-state index is 0.0815. The Hall–Kier alpha value is -3.51. The van der Waals surface area contributed by atoms with Crippen LogP contribution in [0.3, 0.4) is 0 Å². The second-order valence-corrected chi connectivity index (χ2v) is 7.90. The zero-order valence-corrected chi connectivity index (χ0v) is 17.7. The number of nitrogens with zero attached hydrogens (tertiary/aromatic N) is 3. The third-order valence-corrected chi connectivity index (χ3v) is 5.89. The highest BCUT2D eigenvalue weighted by molar-refractivity contribution is 6.30. The fourth-order valence-electron chi connectivity index (χ4n) is 3.99. The number of anilines is 1. The minimum Gasteiger partial charge on any atom is -0.467 e. The number of fused-ring (bicyclic) bond motifs is 1. The molecule has 7 heteroatoms. The van der Waals surface area contributed by atoms with Crippen LogP contribution in [0, 0.1) is 6.92 Å². The van der Waals surface area contributed by atoms with Crippen LogP contribution in [0.1, 0.15) is 39.1 Å². The monoisotopic (exact) mass is 432 g/mol. The maximum absolute atomic E-state index is 13.4. The number of para-hydroxylation sites is 1. The van der Waals surface area contributed by atoms with Gasteiger partial charge in [-0.05, 0) is 36.8 Å². The van der Waals surface area contributed by atoms with Crippen LogP contribution in [0.2, 0.25) is 5.15 Å². The van der Waals surface area contributed by atoms with Gasteiger partial charge in [0, 0.05) is 5.69 Å². The van der Waals surface area contributed by atoms with Gasteiger partial charge in [-0.1, -0.05) is 54.1 Å². The minimum atomic E-state index is -0.468. The van der Waals surface area contributed by atoms with E-state index in [1.165, 1.54) is 0 Å². The van der Waals surface area contributed by atoms with Crippen molar-refractivity contribution in [2.75, 3.05) is 5.32 Å². The number of rotatable bonds is 5.